The summed E-state index contributed by atoms with van der Waals surface area (Å²) in [6.07, 6.45) is 8.02. The van der Waals surface area contributed by atoms with E-state index in [2.05, 4.69) is 4.72 Å². The van der Waals surface area contributed by atoms with Crippen LogP contribution < -0.4 is 10.5 Å². The summed E-state index contributed by atoms with van der Waals surface area (Å²) in [5.41, 5.74) is 5.80. The molecule has 1 rings (SSSR count). The average molecular weight is 306 g/mol. The summed E-state index contributed by atoms with van der Waals surface area (Å²) in [5.74, 6) is -0.563. The summed E-state index contributed by atoms with van der Waals surface area (Å²) >= 11 is 0. The van der Waals surface area contributed by atoms with Gasteiger partial charge in [-0.3, -0.25) is 9.52 Å². The number of primary amides is 1. The molecule has 0 spiro atoms. The van der Waals surface area contributed by atoms with Crippen LogP contribution in [0.3, 0.4) is 0 Å². The van der Waals surface area contributed by atoms with Gasteiger partial charge in [0.2, 0.25) is 5.91 Å². The first kappa shape index (κ1) is 16.7. The number of nitrogens with one attached hydrogen (secondary N) is 1. The molecule has 0 atom stereocenters. The van der Waals surface area contributed by atoms with E-state index >= 15 is 0 Å². The third-order valence-electron chi connectivity index (χ3n) is 2.52. The maximum atomic E-state index is 12.3. The second-order valence-corrected chi connectivity index (χ2v) is 5.82. The molecule has 1 aromatic carbocycles. The summed E-state index contributed by atoms with van der Waals surface area (Å²) in [6.45, 7) is 3.53. The van der Waals surface area contributed by atoms with E-state index in [1.165, 1.54) is 36.4 Å². The van der Waals surface area contributed by atoms with Gasteiger partial charge in [0.25, 0.3) is 10.0 Å². The number of allylic oxidation sites excluding steroid dienone is 5. The minimum absolute atomic E-state index is 0.141. The number of benzene rings is 1. The molecule has 21 heavy (non-hydrogen) atoms. The molecule has 0 unspecified atom stereocenters. The molecule has 0 fully saturated rings. The highest BCUT2D eigenvalue weighted by Gasteiger charge is 2.14. The number of nitrogens with two attached hydrogens (primary N) is 1. The number of carbonyl (C=O) groups excluding carboxylic acids is 1. The van der Waals surface area contributed by atoms with Crippen molar-refractivity contribution in [1.29, 1.82) is 0 Å². The van der Waals surface area contributed by atoms with Gasteiger partial charge in [0, 0.05) is 11.3 Å². The van der Waals surface area contributed by atoms with E-state index in [1.807, 2.05) is 0 Å². The van der Waals surface area contributed by atoms with E-state index in [4.69, 9.17) is 5.73 Å². The van der Waals surface area contributed by atoms with Gasteiger partial charge in [-0.05, 0) is 50.3 Å². The van der Waals surface area contributed by atoms with E-state index in [0.29, 0.717) is 11.3 Å². The van der Waals surface area contributed by atoms with Crippen molar-refractivity contribution in [2.75, 3.05) is 4.72 Å². The topological polar surface area (TPSA) is 89.3 Å². The average Bonchev–Trinajstić information content (AvgIpc) is 2.43. The zero-order valence-electron chi connectivity index (χ0n) is 11.9. The molecule has 0 saturated heterocycles. The van der Waals surface area contributed by atoms with Crippen molar-refractivity contribution in [2.45, 2.75) is 13.8 Å². The van der Waals surface area contributed by atoms with Crippen LogP contribution in [0, 0.1) is 0 Å². The van der Waals surface area contributed by atoms with Gasteiger partial charge in [-0.2, -0.15) is 0 Å². The van der Waals surface area contributed by atoms with Crippen molar-refractivity contribution in [3.8, 4) is 0 Å². The molecule has 0 saturated carbocycles. The van der Waals surface area contributed by atoms with Gasteiger partial charge in [-0.1, -0.05) is 18.2 Å². The van der Waals surface area contributed by atoms with Crippen molar-refractivity contribution in [3.63, 3.8) is 0 Å². The zero-order chi connectivity index (χ0) is 15.9. The zero-order valence-corrected chi connectivity index (χ0v) is 12.7. The maximum absolute atomic E-state index is 12.3. The fourth-order valence-electron chi connectivity index (χ4n) is 1.51. The number of hydrogen-bond donors (Lipinski definition) is 2. The molecule has 0 heterocycles. The molecule has 0 aliphatic heterocycles. The Morgan fingerprint density at radius 1 is 1.14 bits per heavy atom. The Morgan fingerprint density at radius 2 is 1.76 bits per heavy atom. The molecule has 1 aromatic rings. The molecule has 0 aliphatic rings. The monoisotopic (exact) mass is 306 g/mol. The summed E-state index contributed by atoms with van der Waals surface area (Å²) in [6, 6.07) is 5.90. The fraction of sp³-hybridized carbons (Fsp3) is 0.133. The highest BCUT2D eigenvalue weighted by Crippen LogP contribution is 2.16. The van der Waals surface area contributed by atoms with E-state index in [0.717, 1.165) is 0 Å². The van der Waals surface area contributed by atoms with Crippen LogP contribution >= 0.6 is 0 Å². The molecule has 6 heteroatoms. The number of amides is 1. The minimum atomic E-state index is -3.69. The number of sulfonamides is 1. The molecular formula is C15H18N2O3S. The lowest BCUT2D eigenvalue weighted by atomic mass is 10.2. The predicted molar refractivity (Wildman–Crippen MR) is 85.2 cm³/mol. The van der Waals surface area contributed by atoms with Crippen molar-refractivity contribution in [1.82, 2.24) is 0 Å². The van der Waals surface area contributed by atoms with Gasteiger partial charge in [0.15, 0.2) is 0 Å². The van der Waals surface area contributed by atoms with Gasteiger partial charge >= 0.3 is 0 Å². The lowest BCUT2D eigenvalue weighted by Gasteiger charge is -2.09. The molecule has 0 bridgehead atoms. The lowest BCUT2D eigenvalue weighted by molar-refractivity contribution is 0.100. The largest absolute Gasteiger partial charge is 0.366 e. The Bertz CT molecular complexity index is 684. The normalized spacial score (nSPS) is 13.0. The van der Waals surface area contributed by atoms with Crippen molar-refractivity contribution in [3.05, 3.63) is 65.1 Å². The highest BCUT2D eigenvalue weighted by atomic mass is 32.2. The minimum Gasteiger partial charge on any atom is -0.366 e. The van der Waals surface area contributed by atoms with Crippen LogP contribution in [0.2, 0.25) is 0 Å². The van der Waals surface area contributed by atoms with Crippen LogP contribution in [-0.2, 0) is 10.0 Å². The van der Waals surface area contributed by atoms with Gasteiger partial charge in [-0.15, -0.1) is 0 Å². The Hall–Kier alpha value is -2.34. The quantitative estimate of drug-likeness (QED) is 0.791. The van der Waals surface area contributed by atoms with Gasteiger partial charge in [0.05, 0.1) is 4.91 Å². The summed E-state index contributed by atoms with van der Waals surface area (Å²) in [4.78, 5) is 11.1. The fourth-order valence-corrected chi connectivity index (χ4v) is 2.64. The third kappa shape index (κ3) is 4.92. The van der Waals surface area contributed by atoms with Crippen LogP contribution in [0.5, 0.6) is 0 Å². The van der Waals surface area contributed by atoms with E-state index < -0.39 is 15.9 Å². The van der Waals surface area contributed by atoms with Crippen LogP contribution in [0.4, 0.5) is 5.69 Å². The second-order valence-electron chi connectivity index (χ2n) is 4.14. The van der Waals surface area contributed by atoms with Gasteiger partial charge in [0.1, 0.15) is 0 Å². The number of hydrogen-bond acceptors (Lipinski definition) is 3. The number of rotatable bonds is 6. The summed E-state index contributed by atoms with van der Waals surface area (Å²) in [5, 5.41) is 0. The molecule has 112 valence electrons. The lowest BCUT2D eigenvalue weighted by Crippen LogP contribution is -2.15. The molecular weight excluding hydrogens is 288 g/mol. The van der Waals surface area contributed by atoms with Crippen LogP contribution in [0.15, 0.2) is 59.6 Å². The first-order chi connectivity index (χ1) is 9.90. The second kappa shape index (κ2) is 7.44. The molecule has 5 nitrogen and oxygen atoms in total. The first-order valence-electron chi connectivity index (χ1n) is 6.29. The Balaban J connectivity index is 3.05. The molecule has 0 aliphatic carbocycles. The smallest absolute Gasteiger partial charge is 0.261 e. The first-order valence-corrected chi connectivity index (χ1v) is 7.77. The SMILES string of the molecule is C\C=C/C=C(\C=C/C)S(=O)(=O)Nc1ccc(C(N)=O)cc1. The molecule has 1 amide bonds. The van der Waals surface area contributed by atoms with E-state index in [-0.39, 0.29) is 4.91 Å². The van der Waals surface area contributed by atoms with Crippen LogP contribution in [-0.4, -0.2) is 14.3 Å². The standard InChI is InChI=1S/C15H18N2O3S/c1-3-5-7-14(6-4-2)21(19,20)17-13-10-8-12(9-11-13)15(16)18/h3-11,17H,1-2H3,(H2,16,18)/b5-3-,6-4-,14-7+. The maximum Gasteiger partial charge on any atom is 0.261 e. The Morgan fingerprint density at radius 3 is 2.24 bits per heavy atom. The predicted octanol–water partition coefficient (Wildman–Crippen LogP) is 2.56. The van der Waals surface area contributed by atoms with Crippen molar-refractivity contribution < 1.29 is 13.2 Å². The number of anilines is 1. The summed E-state index contributed by atoms with van der Waals surface area (Å²) < 4.78 is 27.0. The number of carbonyl (C=O) groups is 1. The summed E-state index contributed by atoms with van der Waals surface area (Å²) in [7, 11) is -3.69. The van der Waals surface area contributed by atoms with Gasteiger partial charge < -0.3 is 5.73 Å². The van der Waals surface area contributed by atoms with Crippen molar-refractivity contribution >= 4 is 21.6 Å². The van der Waals surface area contributed by atoms with E-state index in [1.54, 1.807) is 32.1 Å². The molecule has 0 radical (unpaired) electrons. The van der Waals surface area contributed by atoms with Crippen LogP contribution in [0.25, 0.3) is 0 Å². The molecule has 0 aromatic heterocycles. The van der Waals surface area contributed by atoms with Crippen molar-refractivity contribution in [2.24, 2.45) is 5.73 Å². The molecule has 3 N–H and O–H groups in total. The highest BCUT2D eigenvalue weighted by molar-refractivity contribution is 7.96. The third-order valence-corrected chi connectivity index (χ3v) is 3.91. The van der Waals surface area contributed by atoms with Gasteiger partial charge in [-0.25, -0.2) is 8.42 Å². The van der Waals surface area contributed by atoms with E-state index in [9.17, 15) is 13.2 Å². The Labute approximate surface area is 124 Å². The van der Waals surface area contributed by atoms with Crippen LogP contribution in [0.1, 0.15) is 24.2 Å². The Kier molecular flexibility index (Phi) is 5.92.